The van der Waals surface area contributed by atoms with E-state index in [1.807, 2.05) is 13.8 Å². The molecule has 0 radical (unpaired) electrons. The first-order chi connectivity index (χ1) is 13.3. The van der Waals surface area contributed by atoms with Gasteiger partial charge in [-0.3, -0.25) is 4.79 Å². The quantitative estimate of drug-likeness (QED) is 0.614. The van der Waals surface area contributed by atoms with Gasteiger partial charge in [-0.1, -0.05) is 26.7 Å². The molecule has 0 bridgehead atoms. The summed E-state index contributed by atoms with van der Waals surface area (Å²) in [5.74, 6) is -0.633. The van der Waals surface area contributed by atoms with Crippen molar-refractivity contribution in [3.05, 3.63) is 18.2 Å². The summed E-state index contributed by atoms with van der Waals surface area (Å²) in [6.45, 7) is 4.60. The largest absolute Gasteiger partial charge is 0.486 e. The fourth-order valence-corrected chi connectivity index (χ4v) is 4.32. The predicted molar refractivity (Wildman–Crippen MR) is 102 cm³/mol. The molecule has 9 heteroatoms. The Morgan fingerprint density at radius 1 is 1.14 bits per heavy atom. The molecule has 156 valence electrons. The highest BCUT2D eigenvalue weighted by Crippen LogP contribution is 2.32. The molecule has 0 aliphatic carbocycles. The van der Waals surface area contributed by atoms with Crippen LogP contribution in [0, 0.1) is 5.92 Å². The van der Waals surface area contributed by atoms with Crippen LogP contribution in [0.25, 0.3) is 0 Å². The van der Waals surface area contributed by atoms with Gasteiger partial charge in [-0.15, -0.1) is 0 Å². The van der Waals surface area contributed by atoms with Crippen LogP contribution in [0.15, 0.2) is 23.1 Å². The van der Waals surface area contributed by atoms with Gasteiger partial charge in [0.25, 0.3) is 0 Å². The van der Waals surface area contributed by atoms with Crippen molar-refractivity contribution in [2.75, 3.05) is 26.1 Å². The van der Waals surface area contributed by atoms with E-state index in [4.69, 9.17) is 14.2 Å². The first-order valence-electron chi connectivity index (χ1n) is 9.32. The van der Waals surface area contributed by atoms with Gasteiger partial charge in [-0.2, -0.15) is 0 Å². The SMILES string of the molecule is CCC(CC)C(NC(=O)CCS(=O)(=O)c1ccc2c(c1)OCCO2)C(=O)OC. The second-order valence-electron chi connectivity index (χ2n) is 6.52. The topological polar surface area (TPSA) is 108 Å². The van der Waals surface area contributed by atoms with E-state index in [1.165, 1.54) is 19.2 Å². The molecule has 0 saturated carbocycles. The lowest BCUT2D eigenvalue weighted by molar-refractivity contribution is -0.146. The van der Waals surface area contributed by atoms with Crippen molar-refractivity contribution in [3.63, 3.8) is 0 Å². The third-order valence-electron chi connectivity index (χ3n) is 4.76. The Hall–Kier alpha value is -2.29. The molecule has 8 nitrogen and oxygen atoms in total. The molecule has 0 aromatic heterocycles. The van der Waals surface area contributed by atoms with Crippen molar-refractivity contribution in [1.29, 1.82) is 0 Å². The molecule has 1 heterocycles. The van der Waals surface area contributed by atoms with Crippen molar-refractivity contribution >= 4 is 21.7 Å². The average Bonchev–Trinajstić information content (AvgIpc) is 2.71. The number of ether oxygens (including phenoxy) is 3. The Balaban J connectivity index is 2.03. The second-order valence-corrected chi connectivity index (χ2v) is 8.63. The fourth-order valence-electron chi connectivity index (χ4n) is 3.06. The minimum atomic E-state index is -3.69. The van der Waals surface area contributed by atoms with Crippen LogP contribution in [0.1, 0.15) is 33.1 Å². The van der Waals surface area contributed by atoms with Crippen LogP contribution in [-0.4, -0.2) is 52.4 Å². The maximum atomic E-state index is 12.6. The number of rotatable bonds is 9. The van der Waals surface area contributed by atoms with E-state index in [0.29, 0.717) is 37.6 Å². The fraction of sp³-hybridized carbons (Fsp3) is 0.579. The number of hydrogen-bond donors (Lipinski definition) is 1. The third kappa shape index (κ3) is 5.37. The molecule has 1 aliphatic rings. The molecule has 1 aliphatic heterocycles. The van der Waals surface area contributed by atoms with Gasteiger partial charge < -0.3 is 19.5 Å². The van der Waals surface area contributed by atoms with Crippen LogP contribution in [0.4, 0.5) is 0 Å². The third-order valence-corrected chi connectivity index (χ3v) is 6.48. The summed E-state index contributed by atoms with van der Waals surface area (Å²) >= 11 is 0. The lowest BCUT2D eigenvalue weighted by Crippen LogP contribution is -2.46. The van der Waals surface area contributed by atoms with E-state index in [9.17, 15) is 18.0 Å². The maximum Gasteiger partial charge on any atom is 0.328 e. The standard InChI is InChI=1S/C19H27NO7S/c1-4-13(5-2)18(19(22)25-3)20-17(21)8-11-28(23,24)14-6-7-15-16(12-14)27-10-9-26-15/h6-7,12-13,18H,4-5,8-11H2,1-3H3,(H,20,21). The van der Waals surface area contributed by atoms with Gasteiger partial charge in [-0.05, 0) is 18.1 Å². The van der Waals surface area contributed by atoms with Crippen LogP contribution >= 0.6 is 0 Å². The average molecular weight is 413 g/mol. The Kier molecular flexibility index (Phi) is 7.68. The van der Waals surface area contributed by atoms with Crippen LogP contribution in [0.2, 0.25) is 0 Å². The van der Waals surface area contributed by atoms with Crippen LogP contribution in [0.3, 0.4) is 0 Å². The minimum absolute atomic E-state index is 0.0639. The van der Waals surface area contributed by atoms with Gasteiger partial charge in [-0.25, -0.2) is 13.2 Å². The maximum absolute atomic E-state index is 12.6. The number of fused-ring (bicyclic) bond motifs is 1. The Morgan fingerprint density at radius 3 is 2.39 bits per heavy atom. The predicted octanol–water partition coefficient (Wildman–Crippen LogP) is 1.72. The van der Waals surface area contributed by atoms with Crippen molar-refractivity contribution in [2.24, 2.45) is 5.92 Å². The first kappa shape index (κ1) is 22.0. The van der Waals surface area contributed by atoms with Crippen molar-refractivity contribution < 1.29 is 32.2 Å². The molecule has 1 N–H and O–H groups in total. The van der Waals surface area contributed by atoms with Crippen molar-refractivity contribution in [3.8, 4) is 11.5 Å². The normalized spacial score (nSPS) is 14.4. The lowest BCUT2D eigenvalue weighted by atomic mass is 9.94. The molecule has 0 saturated heterocycles. The zero-order chi connectivity index (χ0) is 20.7. The summed E-state index contributed by atoms with van der Waals surface area (Å²) in [4.78, 5) is 24.3. The van der Waals surface area contributed by atoms with Gasteiger partial charge in [0, 0.05) is 12.5 Å². The van der Waals surface area contributed by atoms with Gasteiger partial charge in [0.05, 0.1) is 17.8 Å². The zero-order valence-electron chi connectivity index (χ0n) is 16.4. The number of amides is 1. The molecule has 28 heavy (non-hydrogen) atoms. The van der Waals surface area contributed by atoms with E-state index in [1.54, 1.807) is 6.07 Å². The van der Waals surface area contributed by atoms with Gasteiger partial charge in [0.15, 0.2) is 21.3 Å². The van der Waals surface area contributed by atoms with Crippen LogP contribution in [0.5, 0.6) is 11.5 Å². The summed E-state index contributed by atoms with van der Waals surface area (Å²) in [6, 6.07) is 3.59. The summed E-state index contributed by atoms with van der Waals surface area (Å²) in [5.41, 5.74) is 0. The van der Waals surface area contributed by atoms with Crippen LogP contribution in [-0.2, 0) is 24.2 Å². The molecule has 1 atom stereocenters. The molecular formula is C19H27NO7S. The number of sulfone groups is 1. The molecule has 1 aromatic rings. The van der Waals surface area contributed by atoms with Crippen molar-refractivity contribution in [1.82, 2.24) is 5.32 Å². The van der Waals surface area contributed by atoms with E-state index in [-0.39, 0.29) is 23.0 Å². The zero-order valence-corrected chi connectivity index (χ0v) is 17.2. The summed E-state index contributed by atoms with van der Waals surface area (Å²) in [6.07, 6.45) is 1.11. The first-order valence-corrected chi connectivity index (χ1v) is 11.0. The number of carbonyl (C=O) groups excluding carboxylic acids is 2. The van der Waals surface area contributed by atoms with Crippen molar-refractivity contribution in [2.45, 2.75) is 44.0 Å². The smallest absolute Gasteiger partial charge is 0.328 e. The Labute approximate surface area is 165 Å². The number of carbonyl (C=O) groups is 2. The highest BCUT2D eigenvalue weighted by atomic mass is 32.2. The molecule has 0 spiro atoms. The van der Waals surface area contributed by atoms with E-state index in [2.05, 4.69) is 5.32 Å². The highest BCUT2D eigenvalue weighted by molar-refractivity contribution is 7.91. The van der Waals surface area contributed by atoms with Crippen LogP contribution < -0.4 is 14.8 Å². The molecule has 1 amide bonds. The number of hydrogen-bond acceptors (Lipinski definition) is 7. The minimum Gasteiger partial charge on any atom is -0.486 e. The monoisotopic (exact) mass is 413 g/mol. The molecule has 1 aromatic carbocycles. The Bertz CT molecular complexity index is 803. The van der Waals surface area contributed by atoms with E-state index in [0.717, 1.165) is 0 Å². The number of nitrogens with one attached hydrogen (secondary N) is 1. The molecule has 2 rings (SSSR count). The van der Waals surface area contributed by atoms with E-state index < -0.39 is 27.8 Å². The Morgan fingerprint density at radius 2 is 1.79 bits per heavy atom. The lowest BCUT2D eigenvalue weighted by Gasteiger charge is -2.24. The summed E-state index contributed by atoms with van der Waals surface area (Å²) in [5, 5.41) is 2.62. The molecule has 0 fully saturated rings. The second kappa shape index (κ2) is 9.77. The van der Waals surface area contributed by atoms with Gasteiger partial charge >= 0.3 is 5.97 Å². The summed E-state index contributed by atoms with van der Waals surface area (Å²) < 4.78 is 40.7. The number of esters is 1. The number of methoxy groups -OCH3 is 1. The van der Waals surface area contributed by atoms with Gasteiger partial charge in [0.1, 0.15) is 19.3 Å². The number of benzene rings is 1. The highest BCUT2D eigenvalue weighted by Gasteiger charge is 2.29. The molecular weight excluding hydrogens is 386 g/mol. The van der Waals surface area contributed by atoms with Gasteiger partial charge in [0.2, 0.25) is 5.91 Å². The molecule has 1 unspecified atom stereocenters. The summed E-state index contributed by atoms with van der Waals surface area (Å²) in [7, 11) is -2.43. The van der Waals surface area contributed by atoms with E-state index >= 15 is 0 Å².